The van der Waals surface area contributed by atoms with Crippen LogP contribution in [0.5, 0.6) is 0 Å². The molecular weight excluding hydrogens is 1510 g/mol. The summed E-state index contributed by atoms with van der Waals surface area (Å²) in [5, 5.41) is 14.0. The van der Waals surface area contributed by atoms with Gasteiger partial charge in [0.1, 0.15) is 55.8 Å². The Bertz CT molecular complexity index is 7640. The minimum Gasteiger partial charge on any atom is -0.455 e. The van der Waals surface area contributed by atoms with Crippen LogP contribution in [0.2, 0.25) is 0 Å². The standard InChI is InChI=1S/C57H37NO3.C57H37NO2S/c2*1-57(2)48-32-31-46-43-13-5-8-20-52(43)61-56(46)53(48)47-30-29-38(33-49(47)57)58(36-25-21-34(22-26-36)39-14-9-16-44-41-11-3-6-18-50(41)59-54(39)44)37-27-23-35(24-28-37)40-15-10-17-45-42-12-4-7-19-51(42)60-55(40)45/h2*3-33H,1-2H3. The second-order valence-electron chi connectivity index (χ2n) is 33.6. The highest BCUT2D eigenvalue weighted by Gasteiger charge is 2.40. The number of para-hydroxylation sites is 9. The van der Waals surface area contributed by atoms with E-state index >= 15 is 0 Å². The molecule has 24 aromatic rings. The zero-order chi connectivity index (χ0) is 80.8. The third kappa shape index (κ3) is 10.6. The Hall–Kier alpha value is -15.2. The summed E-state index contributed by atoms with van der Waals surface area (Å²) in [6, 6.07) is 135. The van der Waals surface area contributed by atoms with Gasteiger partial charge in [0.15, 0.2) is 0 Å². The van der Waals surface area contributed by atoms with Crippen molar-refractivity contribution in [1.82, 2.24) is 0 Å². The van der Waals surface area contributed by atoms with Gasteiger partial charge in [-0.3, -0.25) is 0 Å². The van der Waals surface area contributed by atoms with Crippen LogP contribution >= 0.6 is 11.3 Å². The van der Waals surface area contributed by atoms with E-state index in [0.717, 1.165) is 188 Å². The van der Waals surface area contributed by atoms with Gasteiger partial charge in [-0.2, -0.15) is 0 Å². The summed E-state index contributed by atoms with van der Waals surface area (Å²) in [7, 11) is 0. The first kappa shape index (κ1) is 69.9. The number of nitrogens with zero attached hydrogens (tertiary/aromatic N) is 2. The smallest absolute Gasteiger partial charge is 0.143 e. The van der Waals surface area contributed by atoms with E-state index in [-0.39, 0.29) is 10.8 Å². The Morgan fingerprint density at radius 2 is 0.484 bits per heavy atom. The van der Waals surface area contributed by atoms with E-state index in [2.05, 4.69) is 359 Å². The van der Waals surface area contributed by atoms with Crippen molar-refractivity contribution in [3.05, 3.63) is 398 Å². The zero-order valence-corrected chi connectivity index (χ0v) is 68.0. The first-order valence-electron chi connectivity index (χ1n) is 41.8. The van der Waals surface area contributed by atoms with Gasteiger partial charge in [-0.05, 0) is 165 Å². The molecule has 6 heterocycles. The molecule has 2 aliphatic carbocycles. The highest BCUT2D eigenvalue weighted by Crippen LogP contribution is 2.58. The van der Waals surface area contributed by atoms with E-state index in [9.17, 15) is 0 Å². The summed E-state index contributed by atoms with van der Waals surface area (Å²) in [6.45, 7) is 9.43. The monoisotopic (exact) mass is 1580 g/mol. The lowest BCUT2D eigenvalue weighted by molar-refractivity contribution is 0.653. The van der Waals surface area contributed by atoms with E-state index in [1.165, 1.54) is 64.7 Å². The van der Waals surface area contributed by atoms with Gasteiger partial charge >= 0.3 is 0 Å². The summed E-state index contributed by atoms with van der Waals surface area (Å²) in [5.74, 6) is 0. The van der Waals surface area contributed by atoms with Crippen LogP contribution in [0.4, 0.5) is 34.1 Å². The molecule has 0 N–H and O–H groups in total. The number of anilines is 6. The Morgan fingerprint density at radius 3 is 0.844 bits per heavy atom. The van der Waals surface area contributed by atoms with Crippen LogP contribution in [-0.2, 0) is 10.8 Å². The molecule has 7 nitrogen and oxygen atoms in total. The average Bonchev–Trinajstić information content (AvgIpc) is 1.55. The predicted octanol–water partition coefficient (Wildman–Crippen LogP) is 33.5. The Morgan fingerprint density at radius 1 is 0.205 bits per heavy atom. The maximum Gasteiger partial charge on any atom is 0.143 e. The number of fused-ring (bicyclic) bond motifs is 26. The summed E-state index contributed by atoms with van der Waals surface area (Å²) in [5.41, 5.74) is 34.3. The number of furan rings is 5. The van der Waals surface area contributed by atoms with Crippen LogP contribution in [-0.4, -0.2) is 0 Å². The summed E-state index contributed by atoms with van der Waals surface area (Å²) in [6.07, 6.45) is 0. The molecular formula is C114H74N2O5S. The van der Waals surface area contributed by atoms with Crippen molar-refractivity contribution < 1.29 is 22.1 Å². The summed E-state index contributed by atoms with van der Waals surface area (Å²) < 4.78 is 35.2. The van der Waals surface area contributed by atoms with Crippen LogP contribution in [0.15, 0.2) is 398 Å². The largest absolute Gasteiger partial charge is 0.455 e. The van der Waals surface area contributed by atoms with Crippen molar-refractivity contribution in [2.75, 3.05) is 9.80 Å². The summed E-state index contributed by atoms with van der Waals surface area (Å²) >= 11 is 1.91. The van der Waals surface area contributed by atoms with Gasteiger partial charge in [-0.15, -0.1) is 11.3 Å². The average molecular weight is 1580 g/mol. The molecule has 18 aromatic carbocycles. The number of hydrogen-bond donors (Lipinski definition) is 0. The van der Waals surface area contributed by atoms with Crippen LogP contribution in [0.3, 0.4) is 0 Å². The first-order chi connectivity index (χ1) is 60.0. The van der Waals surface area contributed by atoms with Crippen molar-refractivity contribution in [2.24, 2.45) is 0 Å². The fourth-order valence-electron chi connectivity index (χ4n) is 20.2. The number of rotatable bonds is 10. The summed E-state index contributed by atoms with van der Waals surface area (Å²) in [4.78, 5) is 4.76. The molecule has 8 heteroatoms. The van der Waals surface area contributed by atoms with Crippen LogP contribution in [0.25, 0.3) is 197 Å². The highest BCUT2D eigenvalue weighted by molar-refractivity contribution is 7.26. The lowest BCUT2D eigenvalue weighted by Crippen LogP contribution is -2.16. The predicted molar refractivity (Wildman–Crippen MR) is 508 cm³/mol. The third-order valence-corrected chi connectivity index (χ3v) is 27.4. The van der Waals surface area contributed by atoms with Crippen molar-refractivity contribution in [3.63, 3.8) is 0 Å². The Labute approximate surface area is 706 Å². The van der Waals surface area contributed by atoms with Crippen LogP contribution in [0, 0.1) is 0 Å². The van der Waals surface area contributed by atoms with Gasteiger partial charge in [-0.1, -0.05) is 295 Å². The minimum absolute atomic E-state index is 0.180. The van der Waals surface area contributed by atoms with Crippen molar-refractivity contribution in [1.29, 1.82) is 0 Å². The van der Waals surface area contributed by atoms with Gasteiger partial charge in [0.2, 0.25) is 0 Å². The highest BCUT2D eigenvalue weighted by atomic mass is 32.1. The second kappa shape index (κ2) is 26.6. The van der Waals surface area contributed by atoms with E-state index in [1.54, 1.807) is 0 Å². The molecule has 122 heavy (non-hydrogen) atoms. The van der Waals surface area contributed by atoms with Crippen LogP contribution < -0.4 is 9.80 Å². The molecule has 6 aromatic heterocycles. The molecule has 0 amide bonds. The van der Waals surface area contributed by atoms with Crippen LogP contribution in [0.1, 0.15) is 49.9 Å². The molecule has 26 rings (SSSR count). The van der Waals surface area contributed by atoms with Crippen molar-refractivity contribution in [3.8, 4) is 66.8 Å². The molecule has 576 valence electrons. The van der Waals surface area contributed by atoms with Crippen molar-refractivity contribution >= 4 is 175 Å². The number of thiophene rings is 1. The maximum absolute atomic E-state index is 6.62. The van der Waals surface area contributed by atoms with Gasteiger partial charge in [0, 0.05) is 152 Å². The number of benzene rings is 18. The topological polar surface area (TPSA) is 72.2 Å². The van der Waals surface area contributed by atoms with Crippen molar-refractivity contribution in [2.45, 2.75) is 38.5 Å². The molecule has 0 atom stereocenters. The minimum atomic E-state index is -0.246. The lowest BCUT2D eigenvalue weighted by Gasteiger charge is -2.28. The van der Waals surface area contributed by atoms with Gasteiger partial charge in [0.25, 0.3) is 0 Å². The molecule has 0 bridgehead atoms. The molecule has 0 fully saturated rings. The molecule has 0 aliphatic heterocycles. The van der Waals surface area contributed by atoms with Gasteiger partial charge in [0.05, 0.1) is 0 Å². The third-order valence-electron chi connectivity index (χ3n) is 26.2. The van der Waals surface area contributed by atoms with E-state index < -0.39 is 0 Å². The molecule has 2 aliphatic rings. The van der Waals surface area contributed by atoms with E-state index in [4.69, 9.17) is 22.1 Å². The normalized spacial score (nSPS) is 13.2. The molecule has 0 spiro atoms. The molecule has 0 radical (unpaired) electrons. The Balaban J connectivity index is 0.000000134. The SMILES string of the molecule is CC1(C)c2cc(N(c3ccc(-c4cccc5c4oc4ccccc45)cc3)c3ccc(-c4cccc5c4oc4ccccc45)cc3)ccc2-c2c1ccc1c2oc2ccccc21.CC1(C)c2cc(N(c3ccc(-c4cccc5c4oc4ccccc45)cc3)c3ccc(-c4cccc5c4oc4ccccc45)cc3)ccc2-c2c1ccc1c2sc2ccccc21. The molecule has 0 saturated heterocycles. The van der Waals surface area contributed by atoms with E-state index in [0.29, 0.717) is 0 Å². The fourth-order valence-corrected chi connectivity index (χ4v) is 21.5. The zero-order valence-electron chi connectivity index (χ0n) is 67.1. The number of hydrogen-bond acceptors (Lipinski definition) is 8. The van der Waals surface area contributed by atoms with E-state index in [1.807, 2.05) is 65.9 Å². The molecule has 0 unspecified atom stereocenters. The van der Waals surface area contributed by atoms with Gasteiger partial charge in [-0.25, -0.2) is 0 Å². The second-order valence-corrected chi connectivity index (χ2v) is 34.7. The fraction of sp³-hybridized carbons (Fsp3) is 0.0526. The lowest BCUT2D eigenvalue weighted by atomic mass is 9.82. The maximum atomic E-state index is 6.62. The first-order valence-corrected chi connectivity index (χ1v) is 42.6. The Kier molecular flexibility index (Phi) is 15.3. The quantitative estimate of drug-likeness (QED) is 0.135. The molecule has 0 saturated carbocycles. The van der Waals surface area contributed by atoms with Gasteiger partial charge < -0.3 is 31.9 Å².